The molecular weight excluding hydrogens is 335 g/mol. The van der Waals surface area contributed by atoms with Crippen LogP contribution < -0.4 is 4.74 Å². The summed E-state index contributed by atoms with van der Waals surface area (Å²) in [5.74, 6) is -0.0995. The summed E-state index contributed by atoms with van der Waals surface area (Å²) >= 11 is 9.31. The van der Waals surface area contributed by atoms with E-state index in [4.69, 9.17) is 16.3 Å². The van der Waals surface area contributed by atoms with Crippen LogP contribution in [0.25, 0.3) is 0 Å². The Morgan fingerprint density at radius 1 is 1.21 bits per heavy atom. The zero-order valence-corrected chi connectivity index (χ0v) is 12.3. The second-order valence-electron chi connectivity index (χ2n) is 3.87. The minimum Gasteiger partial charge on any atom is -0.455 e. The number of halogens is 3. The fourth-order valence-electron chi connectivity index (χ4n) is 1.54. The van der Waals surface area contributed by atoms with Crippen LogP contribution in [0, 0.1) is 5.82 Å². The standard InChI is InChI=1S/C14H9BrClFO2/c1-8(18)11-7-10(17)3-5-13(11)19-14-6-9(15)2-4-12(14)16/h2-7H,1H3. The average molecular weight is 344 g/mol. The summed E-state index contributed by atoms with van der Waals surface area (Å²) in [6, 6.07) is 8.89. The number of hydrogen-bond donors (Lipinski definition) is 0. The first-order chi connectivity index (χ1) is 8.97. The van der Waals surface area contributed by atoms with Gasteiger partial charge < -0.3 is 4.74 Å². The van der Waals surface area contributed by atoms with Crippen LogP contribution in [-0.4, -0.2) is 5.78 Å². The van der Waals surface area contributed by atoms with Crippen molar-refractivity contribution in [2.24, 2.45) is 0 Å². The summed E-state index contributed by atoms with van der Waals surface area (Å²) in [6.45, 7) is 1.35. The number of benzene rings is 2. The minimum atomic E-state index is -0.488. The number of ether oxygens (including phenoxy) is 1. The molecule has 5 heteroatoms. The summed E-state index contributed by atoms with van der Waals surface area (Å²) in [5.41, 5.74) is 0.177. The highest BCUT2D eigenvalue weighted by Crippen LogP contribution is 2.33. The van der Waals surface area contributed by atoms with E-state index in [-0.39, 0.29) is 17.1 Å². The Morgan fingerprint density at radius 3 is 2.63 bits per heavy atom. The molecule has 0 saturated carbocycles. The lowest BCUT2D eigenvalue weighted by molar-refractivity contribution is 0.101. The molecule has 2 rings (SSSR count). The van der Waals surface area contributed by atoms with Crippen LogP contribution in [0.1, 0.15) is 17.3 Å². The van der Waals surface area contributed by atoms with Crippen molar-refractivity contribution < 1.29 is 13.9 Å². The molecule has 0 N–H and O–H groups in total. The maximum Gasteiger partial charge on any atom is 0.163 e. The molecule has 0 aliphatic heterocycles. The molecule has 0 atom stereocenters. The van der Waals surface area contributed by atoms with Crippen molar-refractivity contribution in [1.29, 1.82) is 0 Å². The van der Waals surface area contributed by atoms with Gasteiger partial charge in [-0.1, -0.05) is 27.5 Å². The molecule has 19 heavy (non-hydrogen) atoms. The van der Waals surface area contributed by atoms with Gasteiger partial charge in [-0.25, -0.2) is 4.39 Å². The van der Waals surface area contributed by atoms with E-state index >= 15 is 0 Å². The molecule has 0 aromatic heterocycles. The molecular formula is C14H9BrClFO2. The highest BCUT2D eigenvalue weighted by molar-refractivity contribution is 9.10. The van der Waals surface area contributed by atoms with Gasteiger partial charge in [0.15, 0.2) is 5.78 Å². The highest BCUT2D eigenvalue weighted by atomic mass is 79.9. The Hall–Kier alpha value is -1.39. The first kappa shape index (κ1) is 14.0. The molecule has 98 valence electrons. The van der Waals surface area contributed by atoms with Gasteiger partial charge in [-0.3, -0.25) is 4.79 Å². The van der Waals surface area contributed by atoms with Crippen molar-refractivity contribution in [1.82, 2.24) is 0 Å². The third kappa shape index (κ3) is 3.33. The molecule has 0 amide bonds. The van der Waals surface area contributed by atoms with E-state index in [1.807, 2.05) is 0 Å². The smallest absolute Gasteiger partial charge is 0.163 e. The van der Waals surface area contributed by atoms with E-state index in [2.05, 4.69) is 15.9 Å². The fraction of sp³-hybridized carbons (Fsp3) is 0.0714. The SMILES string of the molecule is CC(=O)c1cc(F)ccc1Oc1cc(Br)ccc1Cl. The summed E-state index contributed by atoms with van der Waals surface area (Å²) in [4.78, 5) is 11.5. The third-order valence-corrected chi connectivity index (χ3v) is 3.24. The molecule has 0 radical (unpaired) electrons. The van der Waals surface area contributed by atoms with Crippen LogP contribution in [0.2, 0.25) is 5.02 Å². The largest absolute Gasteiger partial charge is 0.455 e. The highest BCUT2D eigenvalue weighted by Gasteiger charge is 2.12. The Balaban J connectivity index is 2.43. The fourth-order valence-corrected chi connectivity index (χ4v) is 2.04. The number of carbonyl (C=O) groups is 1. The predicted molar refractivity (Wildman–Crippen MR) is 75.6 cm³/mol. The number of Topliss-reactive ketones (excluding diaryl/α,β-unsaturated/α-hetero) is 1. The van der Waals surface area contributed by atoms with Gasteiger partial charge in [-0.2, -0.15) is 0 Å². The van der Waals surface area contributed by atoms with E-state index in [0.717, 1.165) is 10.5 Å². The number of carbonyl (C=O) groups excluding carboxylic acids is 1. The van der Waals surface area contributed by atoms with Crippen LogP contribution in [0.4, 0.5) is 4.39 Å². The summed E-state index contributed by atoms with van der Waals surface area (Å²) in [5, 5.41) is 0.405. The van der Waals surface area contributed by atoms with Crippen molar-refractivity contribution in [3.63, 3.8) is 0 Å². The van der Waals surface area contributed by atoms with Crippen LogP contribution in [0.5, 0.6) is 11.5 Å². The minimum absolute atomic E-state index is 0.177. The second kappa shape index (κ2) is 5.72. The molecule has 0 heterocycles. The van der Waals surface area contributed by atoms with Gasteiger partial charge >= 0.3 is 0 Å². The van der Waals surface area contributed by atoms with Gasteiger partial charge in [0.2, 0.25) is 0 Å². The predicted octanol–water partition coefficient (Wildman–Crippen LogP) is 5.24. The van der Waals surface area contributed by atoms with Crippen molar-refractivity contribution in [3.05, 3.63) is 57.3 Å². The van der Waals surface area contributed by atoms with Gasteiger partial charge in [-0.05, 0) is 43.3 Å². The zero-order chi connectivity index (χ0) is 14.0. The zero-order valence-electron chi connectivity index (χ0n) is 9.91. The van der Waals surface area contributed by atoms with Crippen molar-refractivity contribution in [2.45, 2.75) is 6.92 Å². The lowest BCUT2D eigenvalue weighted by Gasteiger charge is -2.11. The van der Waals surface area contributed by atoms with E-state index < -0.39 is 5.82 Å². The van der Waals surface area contributed by atoms with Gasteiger partial charge in [0.1, 0.15) is 17.3 Å². The van der Waals surface area contributed by atoms with Gasteiger partial charge in [-0.15, -0.1) is 0 Å². The summed E-state index contributed by atoms with van der Waals surface area (Å²) in [7, 11) is 0. The van der Waals surface area contributed by atoms with Gasteiger partial charge in [0.25, 0.3) is 0 Å². The molecule has 0 unspecified atom stereocenters. The summed E-state index contributed by atoms with van der Waals surface area (Å²) in [6.07, 6.45) is 0. The molecule has 2 aromatic carbocycles. The molecule has 0 aliphatic carbocycles. The third-order valence-electron chi connectivity index (χ3n) is 2.43. The lowest BCUT2D eigenvalue weighted by atomic mass is 10.1. The molecule has 0 saturated heterocycles. The number of ketones is 1. The molecule has 2 aromatic rings. The maximum absolute atomic E-state index is 13.1. The van der Waals surface area contributed by atoms with Crippen molar-refractivity contribution in [3.8, 4) is 11.5 Å². The quantitative estimate of drug-likeness (QED) is 0.713. The average Bonchev–Trinajstić information content (AvgIpc) is 2.35. The van der Waals surface area contributed by atoms with Crippen LogP contribution in [-0.2, 0) is 0 Å². The molecule has 0 fully saturated rings. The van der Waals surface area contributed by atoms with Crippen LogP contribution >= 0.6 is 27.5 Å². The first-order valence-corrected chi connectivity index (χ1v) is 6.58. The van der Waals surface area contributed by atoms with Crippen molar-refractivity contribution >= 4 is 33.3 Å². The molecule has 0 spiro atoms. The number of hydrogen-bond acceptors (Lipinski definition) is 2. The van der Waals surface area contributed by atoms with E-state index in [1.165, 1.54) is 19.1 Å². The van der Waals surface area contributed by atoms with E-state index in [0.29, 0.717) is 10.8 Å². The van der Waals surface area contributed by atoms with E-state index in [9.17, 15) is 9.18 Å². The second-order valence-corrected chi connectivity index (χ2v) is 5.20. The van der Waals surface area contributed by atoms with Crippen molar-refractivity contribution in [2.75, 3.05) is 0 Å². The normalized spacial score (nSPS) is 10.3. The van der Waals surface area contributed by atoms with Gasteiger partial charge in [0, 0.05) is 4.47 Å². The van der Waals surface area contributed by atoms with E-state index in [1.54, 1.807) is 18.2 Å². The topological polar surface area (TPSA) is 26.3 Å². The molecule has 0 aliphatic rings. The Labute approximate surface area is 123 Å². The lowest BCUT2D eigenvalue weighted by Crippen LogP contribution is -1.98. The Morgan fingerprint density at radius 2 is 1.95 bits per heavy atom. The van der Waals surface area contributed by atoms with Crippen LogP contribution in [0.15, 0.2) is 40.9 Å². The maximum atomic E-state index is 13.1. The monoisotopic (exact) mass is 342 g/mol. The molecule has 2 nitrogen and oxygen atoms in total. The Kier molecular flexibility index (Phi) is 4.22. The van der Waals surface area contributed by atoms with Crippen LogP contribution in [0.3, 0.4) is 0 Å². The first-order valence-electron chi connectivity index (χ1n) is 5.41. The molecule has 0 bridgehead atoms. The summed E-state index contributed by atoms with van der Waals surface area (Å²) < 4.78 is 19.5. The van der Waals surface area contributed by atoms with Gasteiger partial charge in [0.05, 0.1) is 10.6 Å². The number of rotatable bonds is 3. The Bertz CT molecular complexity index is 643.